The number of aromatic amines is 1. The number of hydrogen-bond acceptors (Lipinski definition) is 3. The average molecular weight is 275 g/mol. The zero-order valence-electron chi connectivity index (χ0n) is 10.9. The van der Waals surface area contributed by atoms with E-state index in [1.807, 2.05) is 30.0 Å². The molecule has 19 heavy (non-hydrogen) atoms. The molecule has 1 unspecified atom stereocenters. The number of H-pyrrole nitrogens is 1. The molecule has 1 aromatic carbocycles. The van der Waals surface area contributed by atoms with E-state index in [2.05, 4.69) is 22.2 Å². The van der Waals surface area contributed by atoms with Crippen molar-refractivity contribution in [2.75, 3.05) is 12.3 Å². The summed E-state index contributed by atoms with van der Waals surface area (Å²) < 4.78 is 0.202. The lowest BCUT2D eigenvalue weighted by Crippen LogP contribution is -2.36. The number of hydrogen-bond donors (Lipinski definition) is 2. The van der Waals surface area contributed by atoms with Gasteiger partial charge in [-0.2, -0.15) is 11.8 Å². The molecule has 2 aromatic rings. The van der Waals surface area contributed by atoms with Crippen LogP contribution < -0.4 is 5.32 Å². The van der Waals surface area contributed by atoms with Crippen LogP contribution in [0.1, 0.15) is 30.1 Å². The van der Waals surface area contributed by atoms with E-state index in [1.165, 1.54) is 18.6 Å². The van der Waals surface area contributed by atoms with Gasteiger partial charge in [0.2, 0.25) is 0 Å². The Morgan fingerprint density at radius 2 is 2.47 bits per heavy atom. The van der Waals surface area contributed by atoms with Crippen LogP contribution in [0.2, 0.25) is 0 Å². The van der Waals surface area contributed by atoms with Gasteiger partial charge in [-0.1, -0.05) is 0 Å². The Morgan fingerprint density at radius 1 is 1.58 bits per heavy atom. The number of rotatable bonds is 3. The minimum absolute atomic E-state index is 0.00905. The van der Waals surface area contributed by atoms with Crippen LogP contribution in [-0.2, 0) is 0 Å². The van der Waals surface area contributed by atoms with Gasteiger partial charge in [-0.25, -0.2) is 4.98 Å². The molecule has 1 saturated heterocycles. The van der Waals surface area contributed by atoms with E-state index < -0.39 is 0 Å². The molecule has 0 aliphatic carbocycles. The molecule has 0 bridgehead atoms. The molecule has 1 amide bonds. The highest BCUT2D eigenvalue weighted by atomic mass is 32.2. The number of carbonyl (C=O) groups is 1. The van der Waals surface area contributed by atoms with Gasteiger partial charge in [-0.15, -0.1) is 0 Å². The number of amides is 1. The van der Waals surface area contributed by atoms with Gasteiger partial charge in [0.15, 0.2) is 0 Å². The lowest BCUT2D eigenvalue weighted by molar-refractivity contribution is 0.0950. The molecule has 1 aliphatic heterocycles. The fourth-order valence-electron chi connectivity index (χ4n) is 2.42. The lowest BCUT2D eigenvalue weighted by atomic mass is 10.1. The van der Waals surface area contributed by atoms with E-state index in [1.54, 1.807) is 6.33 Å². The zero-order chi connectivity index (χ0) is 13.3. The Hall–Kier alpha value is -1.49. The quantitative estimate of drug-likeness (QED) is 0.905. The summed E-state index contributed by atoms with van der Waals surface area (Å²) in [5.74, 6) is 1.19. The van der Waals surface area contributed by atoms with Gasteiger partial charge in [0.05, 0.1) is 17.4 Å². The van der Waals surface area contributed by atoms with Crippen LogP contribution in [0.25, 0.3) is 11.0 Å². The first-order valence-corrected chi connectivity index (χ1v) is 7.50. The summed E-state index contributed by atoms with van der Waals surface area (Å²) in [6.07, 6.45) is 4.07. The first kappa shape index (κ1) is 12.5. The van der Waals surface area contributed by atoms with Gasteiger partial charge in [0.1, 0.15) is 0 Å². The number of carbonyl (C=O) groups excluding carboxylic acids is 1. The number of nitrogens with one attached hydrogen (secondary N) is 2. The van der Waals surface area contributed by atoms with E-state index >= 15 is 0 Å². The Kier molecular flexibility index (Phi) is 3.22. The number of benzene rings is 1. The molecule has 1 aliphatic rings. The minimum Gasteiger partial charge on any atom is -0.351 e. The molecule has 2 heterocycles. The average Bonchev–Trinajstić information content (AvgIpc) is 3.04. The summed E-state index contributed by atoms with van der Waals surface area (Å²) >= 11 is 1.95. The Morgan fingerprint density at radius 3 is 3.26 bits per heavy atom. The fraction of sp³-hybridized carbons (Fsp3) is 0.429. The van der Waals surface area contributed by atoms with Gasteiger partial charge in [0.25, 0.3) is 5.91 Å². The lowest BCUT2D eigenvalue weighted by Gasteiger charge is -2.22. The SMILES string of the molecule is CC1(CNC(=O)c2ccc3nc[nH]c3c2)CCCS1. The highest BCUT2D eigenvalue weighted by Gasteiger charge is 2.29. The number of imidazole rings is 1. The molecule has 0 radical (unpaired) electrons. The number of thioether (sulfide) groups is 1. The van der Waals surface area contributed by atoms with E-state index in [0.717, 1.165) is 17.6 Å². The summed E-state index contributed by atoms with van der Waals surface area (Å²) in [6.45, 7) is 2.96. The van der Waals surface area contributed by atoms with Crippen molar-refractivity contribution in [2.45, 2.75) is 24.5 Å². The second-order valence-corrected chi connectivity index (χ2v) is 6.90. The van der Waals surface area contributed by atoms with Gasteiger partial charge < -0.3 is 10.3 Å². The maximum Gasteiger partial charge on any atom is 0.251 e. The zero-order valence-corrected chi connectivity index (χ0v) is 11.7. The second kappa shape index (κ2) is 4.89. The van der Waals surface area contributed by atoms with Crippen molar-refractivity contribution in [3.8, 4) is 0 Å². The molecule has 1 aromatic heterocycles. The Labute approximate surface area is 116 Å². The highest BCUT2D eigenvalue weighted by Crippen LogP contribution is 2.36. The van der Waals surface area contributed by atoms with Crippen molar-refractivity contribution in [1.29, 1.82) is 0 Å². The topological polar surface area (TPSA) is 57.8 Å². The molecule has 100 valence electrons. The Bertz CT molecular complexity index is 602. The second-order valence-electron chi connectivity index (χ2n) is 5.22. The number of fused-ring (bicyclic) bond motifs is 1. The van der Waals surface area contributed by atoms with Crippen LogP contribution in [0, 0.1) is 0 Å². The maximum absolute atomic E-state index is 12.2. The molecule has 4 nitrogen and oxygen atoms in total. The van der Waals surface area contributed by atoms with Crippen LogP contribution in [0.5, 0.6) is 0 Å². The molecule has 2 N–H and O–H groups in total. The van der Waals surface area contributed by atoms with Gasteiger partial charge in [0, 0.05) is 16.9 Å². The largest absolute Gasteiger partial charge is 0.351 e. The standard InChI is InChI=1S/C14H17N3OS/c1-14(5-2-6-19-14)8-15-13(18)10-3-4-11-12(7-10)17-9-16-11/h3-4,7,9H,2,5-6,8H2,1H3,(H,15,18)(H,16,17). The fourth-order valence-corrected chi connectivity index (χ4v) is 3.67. The van der Waals surface area contributed by atoms with Gasteiger partial charge >= 0.3 is 0 Å². The minimum atomic E-state index is -0.00905. The van der Waals surface area contributed by atoms with Crippen molar-refractivity contribution >= 4 is 28.7 Å². The molecular formula is C14H17N3OS. The third-order valence-electron chi connectivity index (χ3n) is 3.61. The van der Waals surface area contributed by atoms with E-state index in [4.69, 9.17) is 0 Å². The van der Waals surface area contributed by atoms with Crippen molar-refractivity contribution in [1.82, 2.24) is 15.3 Å². The van der Waals surface area contributed by atoms with Crippen LogP contribution in [0.15, 0.2) is 24.5 Å². The summed E-state index contributed by atoms with van der Waals surface area (Å²) in [6, 6.07) is 5.54. The van der Waals surface area contributed by atoms with E-state index in [9.17, 15) is 4.79 Å². The molecule has 5 heteroatoms. The summed E-state index contributed by atoms with van der Waals surface area (Å²) in [4.78, 5) is 19.3. The normalized spacial score (nSPS) is 22.8. The molecule has 1 atom stereocenters. The van der Waals surface area contributed by atoms with Crippen LogP contribution in [0.3, 0.4) is 0 Å². The number of aromatic nitrogens is 2. The van der Waals surface area contributed by atoms with Crippen LogP contribution in [-0.4, -0.2) is 32.9 Å². The predicted molar refractivity (Wildman–Crippen MR) is 78.5 cm³/mol. The smallest absolute Gasteiger partial charge is 0.251 e. The van der Waals surface area contributed by atoms with Crippen LogP contribution >= 0.6 is 11.8 Å². The number of nitrogens with zero attached hydrogens (tertiary/aromatic N) is 1. The first-order valence-electron chi connectivity index (χ1n) is 6.52. The summed E-state index contributed by atoms with van der Waals surface area (Å²) in [5.41, 5.74) is 2.47. The monoisotopic (exact) mass is 275 g/mol. The van der Waals surface area contributed by atoms with Gasteiger partial charge in [-0.05, 0) is 43.7 Å². The van der Waals surface area contributed by atoms with E-state index in [0.29, 0.717) is 5.56 Å². The van der Waals surface area contributed by atoms with Gasteiger partial charge in [-0.3, -0.25) is 4.79 Å². The third-order valence-corrected chi connectivity index (χ3v) is 5.14. The van der Waals surface area contributed by atoms with Crippen LogP contribution in [0.4, 0.5) is 0 Å². The summed E-state index contributed by atoms with van der Waals surface area (Å²) in [5, 5.41) is 3.04. The molecule has 0 saturated carbocycles. The predicted octanol–water partition coefficient (Wildman–Crippen LogP) is 2.58. The summed E-state index contributed by atoms with van der Waals surface area (Å²) in [7, 11) is 0. The van der Waals surface area contributed by atoms with Crippen molar-refractivity contribution < 1.29 is 4.79 Å². The molecule has 0 spiro atoms. The molecule has 3 rings (SSSR count). The van der Waals surface area contributed by atoms with Crippen molar-refractivity contribution in [3.63, 3.8) is 0 Å². The molecule has 1 fully saturated rings. The van der Waals surface area contributed by atoms with Crippen molar-refractivity contribution in [2.24, 2.45) is 0 Å². The Balaban J connectivity index is 1.69. The first-order chi connectivity index (χ1) is 9.16. The highest BCUT2D eigenvalue weighted by molar-refractivity contribution is 8.00. The van der Waals surface area contributed by atoms with E-state index in [-0.39, 0.29) is 10.7 Å². The third kappa shape index (κ3) is 2.61. The maximum atomic E-state index is 12.2. The molecular weight excluding hydrogens is 258 g/mol. The van der Waals surface area contributed by atoms with Crippen molar-refractivity contribution in [3.05, 3.63) is 30.1 Å².